The summed E-state index contributed by atoms with van der Waals surface area (Å²) in [7, 11) is 0. The lowest BCUT2D eigenvalue weighted by molar-refractivity contribution is -0.143. The van der Waals surface area contributed by atoms with Gasteiger partial charge in [-0.05, 0) is 43.4 Å². The second-order valence-corrected chi connectivity index (χ2v) is 7.79. The fourth-order valence-electron chi connectivity index (χ4n) is 3.47. The van der Waals surface area contributed by atoms with Crippen LogP contribution in [0.3, 0.4) is 0 Å². The number of benzene rings is 1. The lowest BCUT2D eigenvalue weighted by Crippen LogP contribution is -2.53. The predicted octanol–water partition coefficient (Wildman–Crippen LogP) is 2.83. The van der Waals surface area contributed by atoms with E-state index >= 15 is 0 Å². The van der Waals surface area contributed by atoms with Crippen molar-refractivity contribution in [3.8, 4) is 0 Å². The summed E-state index contributed by atoms with van der Waals surface area (Å²) in [5, 5.41) is 2.90. The predicted molar refractivity (Wildman–Crippen MR) is 106 cm³/mol. The average Bonchev–Trinajstić information content (AvgIpc) is 3.50. The van der Waals surface area contributed by atoms with Crippen LogP contribution in [0, 0.1) is 5.41 Å². The van der Waals surface area contributed by atoms with Gasteiger partial charge in [-0.2, -0.15) is 0 Å². The van der Waals surface area contributed by atoms with Crippen LogP contribution in [0.5, 0.6) is 0 Å². The van der Waals surface area contributed by atoms with Gasteiger partial charge in [0.2, 0.25) is 11.8 Å². The highest BCUT2D eigenvalue weighted by molar-refractivity contribution is 6.13. The molecule has 152 valence electrons. The molecule has 0 unspecified atom stereocenters. The molecule has 0 bridgehead atoms. The van der Waals surface area contributed by atoms with E-state index in [0.29, 0.717) is 57.2 Å². The Kier molecular flexibility index (Phi) is 5.91. The molecule has 7 heteroatoms. The van der Waals surface area contributed by atoms with Crippen LogP contribution in [-0.2, 0) is 14.3 Å². The quantitative estimate of drug-likeness (QED) is 0.788. The second-order valence-electron chi connectivity index (χ2n) is 7.79. The zero-order valence-electron chi connectivity index (χ0n) is 16.9. The van der Waals surface area contributed by atoms with E-state index in [9.17, 15) is 14.4 Å². The molecular formula is C21H29N3O4. The average molecular weight is 387 g/mol. The second kappa shape index (κ2) is 8.20. The topological polar surface area (TPSA) is 79.0 Å². The molecule has 3 amide bonds. The minimum absolute atomic E-state index is 0.132. The van der Waals surface area contributed by atoms with Gasteiger partial charge >= 0.3 is 6.09 Å². The molecule has 1 aliphatic heterocycles. The van der Waals surface area contributed by atoms with Crippen LogP contribution in [0.4, 0.5) is 10.5 Å². The van der Waals surface area contributed by atoms with Gasteiger partial charge in [-0.25, -0.2) is 4.79 Å². The molecule has 1 N–H and O–H groups in total. The summed E-state index contributed by atoms with van der Waals surface area (Å²) >= 11 is 0. The van der Waals surface area contributed by atoms with Crippen LogP contribution >= 0.6 is 0 Å². The van der Waals surface area contributed by atoms with Gasteiger partial charge < -0.3 is 19.9 Å². The van der Waals surface area contributed by atoms with Gasteiger partial charge in [0.25, 0.3) is 0 Å². The summed E-state index contributed by atoms with van der Waals surface area (Å²) in [5.74, 6) is 0.0595. The van der Waals surface area contributed by atoms with Gasteiger partial charge in [0.05, 0.1) is 6.61 Å². The standard InChI is InChI=1S/C21H29N3O4/c1-4-28-20(27)24-13-11-23(12-14-24)19(26)21(9-10-21)18(25)22-17-7-5-16(6-8-17)15(2)3/h5-8,15H,4,9-14H2,1-3H3,(H,22,25). The van der Waals surface area contributed by atoms with Crippen LogP contribution in [-0.4, -0.2) is 60.5 Å². The van der Waals surface area contributed by atoms with Gasteiger partial charge in [0.1, 0.15) is 5.41 Å². The molecular weight excluding hydrogens is 358 g/mol. The van der Waals surface area contributed by atoms with Gasteiger partial charge in [0, 0.05) is 31.9 Å². The molecule has 2 aliphatic rings. The first kappa shape index (κ1) is 20.2. The van der Waals surface area contributed by atoms with Crippen molar-refractivity contribution < 1.29 is 19.1 Å². The Hall–Kier alpha value is -2.57. The zero-order chi connectivity index (χ0) is 20.3. The molecule has 3 rings (SSSR count). The molecule has 0 atom stereocenters. The Morgan fingerprint density at radius 3 is 2.11 bits per heavy atom. The van der Waals surface area contributed by atoms with Crippen LogP contribution in [0.25, 0.3) is 0 Å². The molecule has 1 aliphatic carbocycles. The Bertz CT molecular complexity index is 733. The molecule has 1 saturated carbocycles. The van der Waals surface area contributed by atoms with Crippen molar-refractivity contribution in [2.45, 2.75) is 39.5 Å². The summed E-state index contributed by atoms with van der Waals surface area (Å²) in [5.41, 5.74) is 0.957. The Morgan fingerprint density at radius 1 is 1.04 bits per heavy atom. The molecule has 7 nitrogen and oxygen atoms in total. The highest BCUT2D eigenvalue weighted by atomic mass is 16.6. The van der Waals surface area contributed by atoms with Crippen molar-refractivity contribution >= 4 is 23.6 Å². The van der Waals surface area contributed by atoms with Gasteiger partial charge in [-0.1, -0.05) is 26.0 Å². The molecule has 0 spiro atoms. The van der Waals surface area contributed by atoms with Crippen molar-refractivity contribution in [2.24, 2.45) is 5.41 Å². The Balaban J connectivity index is 1.58. The van der Waals surface area contributed by atoms with Crippen molar-refractivity contribution in [1.82, 2.24) is 9.80 Å². The molecule has 0 aromatic heterocycles. The summed E-state index contributed by atoms with van der Waals surface area (Å²) in [4.78, 5) is 40.9. The van der Waals surface area contributed by atoms with E-state index < -0.39 is 5.41 Å². The molecule has 0 radical (unpaired) electrons. The van der Waals surface area contributed by atoms with E-state index in [0.717, 1.165) is 0 Å². The minimum atomic E-state index is -0.956. The molecule has 1 aromatic carbocycles. The van der Waals surface area contributed by atoms with E-state index in [-0.39, 0.29) is 17.9 Å². The third kappa shape index (κ3) is 4.13. The van der Waals surface area contributed by atoms with Crippen molar-refractivity contribution in [3.05, 3.63) is 29.8 Å². The molecule has 2 fully saturated rings. The van der Waals surface area contributed by atoms with Crippen molar-refractivity contribution in [1.29, 1.82) is 0 Å². The number of rotatable bonds is 5. The monoisotopic (exact) mass is 387 g/mol. The van der Waals surface area contributed by atoms with E-state index in [1.807, 2.05) is 24.3 Å². The van der Waals surface area contributed by atoms with Crippen LogP contribution in [0.2, 0.25) is 0 Å². The molecule has 1 saturated heterocycles. The third-order valence-electron chi connectivity index (χ3n) is 5.52. The minimum Gasteiger partial charge on any atom is -0.450 e. The number of piperazine rings is 1. The summed E-state index contributed by atoms with van der Waals surface area (Å²) in [6.07, 6.45) is 0.790. The number of nitrogens with zero attached hydrogens (tertiary/aromatic N) is 2. The summed E-state index contributed by atoms with van der Waals surface area (Å²) in [6, 6.07) is 7.75. The largest absolute Gasteiger partial charge is 0.450 e. The Morgan fingerprint density at radius 2 is 1.61 bits per heavy atom. The highest BCUT2D eigenvalue weighted by Crippen LogP contribution is 2.48. The number of nitrogens with one attached hydrogen (secondary N) is 1. The fourth-order valence-corrected chi connectivity index (χ4v) is 3.47. The maximum absolute atomic E-state index is 13.0. The maximum Gasteiger partial charge on any atom is 0.409 e. The summed E-state index contributed by atoms with van der Waals surface area (Å²) in [6.45, 7) is 8.05. The van der Waals surface area contributed by atoms with Gasteiger partial charge in [-0.3, -0.25) is 9.59 Å². The first-order valence-corrected chi connectivity index (χ1v) is 10.00. The number of ether oxygens (including phenoxy) is 1. The molecule has 1 heterocycles. The first-order valence-electron chi connectivity index (χ1n) is 10.00. The van der Waals surface area contributed by atoms with E-state index in [4.69, 9.17) is 4.74 Å². The Labute approximate surface area is 166 Å². The lowest BCUT2D eigenvalue weighted by Gasteiger charge is -2.35. The maximum atomic E-state index is 13.0. The number of carbonyl (C=O) groups is 3. The summed E-state index contributed by atoms with van der Waals surface area (Å²) < 4.78 is 5.00. The van der Waals surface area contributed by atoms with Gasteiger partial charge in [0.15, 0.2) is 0 Å². The van der Waals surface area contributed by atoms with Crippen LogP contribution in [0.15, 0.2) is 24.3 Å². The number of hydrogen-bond acceptors (Lipinski definition) is 4. The highest BCUT2D eigenvalue weighted by Gasteiger charge is 2.58. The smallest absolute Gasteiger partial charge is 0.409 e. The number of hydrogen-bond donors (Lipinski definition) is 1. The first-order chi connectivity index (χ1) is 13.4. The zero-order valence-corrected chi connectivity index (χ0v) is 16.9. The fraction of sp³-hybridized carbons (Fsp3) is 0.571. The molecule has 1 aromatic rings. The van der Waals surface area contributed by atoms with Crippen LogP contribution < -0.4 is 5.32 Å². The third-order valence-corrected chi connectivity index (χ3v) is 5.52. The van der Waals surface area contributed by atoms with E-state index in [1.54, 1.807) is 16.7 Å². The van der Waals surface area contributed by atoms with Crippen molar-refractivity contribution in [2.75, 3.05) is 38.1 Å². The van der Waals surface area contributed by atoms with E-state index in [2.05, 4.69) is 19.2 Å². The lowest BCUT2D eigenvalue weighted by atomic mass is 10.0. The van der Waals surface area contributed by atoms with Crippen molar-refractivity contribution in [3.63, 3.8) is 0 Å². The van der Waals surface area contributed by atoms with Crippen LogP contribution in [0.1, 0.15) is 45.1 Å². The normalized spacial score (nSPS) is 18.0. The van der Waals surface area contributed by atoms with Gasteiger partial charge in [-0.15, -0.1) is 0 Å². The molecule has 28 heavy (non-hydrogen) atoms. The number of anilines is 1. The number of carbonyl (C=O) groups excluding carboxylic acids is 3. The SMILES string of the molecule is CCOC(=O)N1CCN(C(=O)C2(C(=O)Nc3ccc(C(C)C)cc3)CC2)CC1. The van der Waals surface area contributed by atoms with E-state index in [1.165, 1.54) is 5.56 Å². The number of amides is 3.